The molecule has 9 heteroatoms. The van der Waals surface area contributed by atoms with Crippen LogP contribution in [0.4, 0.5) is 17.6 Å². The van der Waals surface area contributed by atoms with Crippen molar-refractivity contribution >= 4 is 17.6 Å². The molecule has 0 aliphatic heterocycles. The summed E-state index contributed by atoms with van der Waals surface area (Å²) in [6.45, 7) is 2.01. The number of nitrogen functional groups attached to an aromatic ring is 1. The van der Waals surface area contributed by atoms with E-state index < -0.39 is 0 Å². The zero-order valence-corrected chi connectivity index (χ0v) is 14.4. The number of nitrogens with zero attached hydrogens (tertiary/aromatic N) is 4. The molecule has 3 aromatic heterocycles. The molecule has 9 nitrogen and oxygen atoms in total. The fraction of sp³-hybridized carbons (Fsp3) is 0.0556. The van der Waals surface area contributed by atoms with Crippen LogP contribution in [0.1, 0.15) is 5.56 Å². The van der Waals surface area contributed by atoms with E-state index in [0.29, 0.717) is 23.2 Å². The Morgan fingerprint density at radius 1 is 1.04 bits per heavy atom. The van der Waals surface area contributed by atoms with Gasteiger partial charge in [0.15, 0.2) is 5.82 Å². The fourth-order valence-corrected chi connectivity index (χ4v) is 2.49. The molecule has 4 rings (SSSR count). The minimum atomic E-state index is -0.174. The summed E-state index contributed by atoms with van der Waals surface area (Å²) in [4.78, 5) is 26.5. The van der Waals surface area contributed by atoms with E-state index in [-0.39, 0.29) is 11.5 Å². The van der Waals surface area contributed by atoms with Crippen LogP contribution < -0.4 is 16.6 Å². The van der Waals surface area contributed by atoms with Crippen molar-refractivity contribution in [3.8, 4) is 22.8 Å². The number of pyridine rings is 1. The number of nitrogens with one attached hydrogen (secondary N) is 3. The van der Waals surface area contributed by atoms with E-state index in [2.05, 4.69) is 35.5 Å². The Balaban J connectivity index is 1.64. The first kappa shape index (κ1) is 16.5. The van der Waals surface area contributed by atoms with Crippen LogP contribution in [0.5, 0.6) is 0 Å². The molecule has 27 heavy (non-hydrogen) atoms. The highest BCUT2D eigenvalue weighted by Gasteiger charge is 2.11. The maximum atomic E-state index is 11.2. The molecule has 0 fully saturated rings. The molecule has 4 aromatic rings. The van der Waals surface area contributed by atoms with Gasteiger partial charge in [-0.2, -0.15) is 20.1 Å². The lowest BCUT2D eigenvalue weighted by molar-refractivity contribution is 1.03. The van der Waals surface area contributed by atoms with E-state index >= 15 is 0 Å². The van der Waals surface area contributed by atoms with Gasteiger partial charge < -0.3 is 16.0 Å². The second-order valence-electron chi connectivity index (χ2n) is 5.94. The van der Waals surface area contributed by atoms with Gasteiger partial charge in [0.25, 0.3) is 0 Å². The molecule has 0 amide bonds. The van der Waals surface area contributed by atoms with Crippen molar-refractivity contribution in [3.63, 3.8) is 0 Å². The zero-order chi connectivity index (χ0) is 18.8. The zero-order valence-electron chi connectivity index (χ0n) is 14.4. The second-order valence-corrected chi connectivity index (χ2v) is 5.94. The molecule has 0 bridgehead atoms. The molecule has 0 spiro atoms. The van der Waals surface area contributed by atoms with Gasteiger partial charge in [0.05, 0.1) is 5.69 Å². The van der Waals surface area contributed by atoms with E-state index in [9.17, 15) is 4.79 Å². The van der Waals surface area contributed by atoms with Crippen LogP contribution in [-0.2, 0) is 0 Å². The third kappa shape index (κ3) is 3.66. The summed E-state index contributed by atoms with van der Waals surface area (Å²) >= 11 is 0. The van der Waals surface area contributed by atoms with Gasteiger partial charge in [0.2, 0.25) is 17.5 Å². The Hall–Kier alpha value is -4.01. The van der Waals surface area contributed by atoms with Crippen LogP contribution in [0.3, 0.4) is 0 Å². The average molecular weight is 360 g/mol. The maximum Gasteiger partial charge on any atom is 0.247 e. The number of aryl methyl sites for hydroxylation is 1. The highest BCUT2D eigenvalue weighted by Crippen LogP contribution is 2.22. The highest BCUT2D eigenvalue weighted by molar-refractivity contribution is 5.65. The predicted octanol–water partition coefficient (Wildman–Crippen LogP) is 2.25. The summed E-state index contributed by atoms with van der Waals surface area (Å²) in [5.41, 5.74) is 9.65. The predicted molar refractivity (Wildman–Crippen MR) is 102 cm³/mol. The topological polar surface area (TPSA) is 138 Å². The van der Waals surface area contributed by atoms with Gasteiger partial charge in [-0.25, -0.2) is 0 Å². The molecule has 3 heterocycles. The van der Waals surface area contributed by atoms with Crippen molar-refractivity contribution < 1.29 is 0 Å². The third-order valence-electron chi connectivity index (χ3n) is 3.86. The standard InChI is InChI=1S/C18H16N8O/c1-10-2-5-12(6-3-10)21-18-23-16(22-17(19)24-18)14-8-13(25-26-14)11-4-7-15(27)20-9-11/h2-9H,1H3,(H,20,27)(H,25,26)(H3,19,21,22,23,24). The summed E-state index contributed by atoms with van der Waals surface area (Å²) in [5.74, 6) is 0.789. The largest absolute Gasteiger partial charge is 0.368 e. The number of aromatic nitrogens is 6. The van der Waals surface area contributed by atoms with E-state index in [0.717, 1.165) is 16.8 Å². The highest BCUT2D eigenvalue weighted by atomic mass is 16.1. The Bertz CT molecular complexity index is 1130. The first-order chi connectivity index (χ1) is 13.1. The van der Waals surface area contributed by atoms with Crippen molar-refractivity contribution in [1.82, 2.24) is 30.1 Å². The molecule has 0 saturated heterocycles. The normalized spacial score (nSPS) is 10.7. The summed E-state index contributed by atoms with van der Waals surface area (Å²) in [6.07, 6.45) is 1.59. The minimum absolute atomic E-state index is 0.0924. The van der Waals surface area contributed by atoms with Gasteiger partial charge in [-0.05, 0) is 31.2 Å². The van der Waals surface area contributed by atoms with Crippen molar-refractivity contribution in [2.45, 2.75) is 6.92 Å². The van der Waals surface area contributed by atoms with Crippen molar-refractivity contribution in [3.05, 3.63) is 64.6 Å². The van der Waals surface area contributed by atoms with Crippen LogP contribution in [-0.4, -0.2) is 30.1 Å². The Labute approximate surface area is 153 Å². The van der Waals surface area contributed by atoms with E-state index in [1.54, 1.807) is 18.3 Å². The molecule has 5 N–H and O–H groups in total. The molecule has 0 saturated carbocycles. The number of rotatable bonds is 4. The van der Waals surface area contributed by atoms with Gasteiger partial charge in [-0.3, -0.25) is 9.89 Å². The minimum Gasteiger partial charge on any atom is -0.368 e. The number of aromatic amines is 2. The van der Waals surface area contributed by atoms with E-state index in [1.807, 2.05) is 31.2 Å². The lowest BCUT2D eigenvalue weighted by Crippen LogP contribution is -2.05. The lowest BCUT2D eigenvalue weighted by Gasteiger charge is -2.06. The second kappa shape index (κ2) is 6.71. The SMILES string of the molecule is Cc1ccc(Nc2nc(N)nc(-c3cc(-c4ccc(=O)[nH]c4)n[nH]3)n2)cc1. The lowest BCUT2D eigenvalue weighted by atomic mass is 10.2. The Kier molecular flexibility index (Phi) is 4.09. The summed E-state index contributed by atoms with van der Waals surface area (Å²) in [6, 6.07) is 12.7. The number of H-pyrrole nitrogens is 2. The molecule has 0 aliphatic carbocycles. The quantitative estimate of drug-likeness (QED) is 0.438. The van der Waals surface area contributed by atoms with Crippen molar-refractivity contribution in [1.29, 1.82) is 0 Å². The Morgan fingerprint density at radius 3 is 2.59 bits per heavy atom. The summed E-state index contributed by atoms with van der Waals surface area (Å²) in [5, 5.41) is 10.2. The van der Waals surface area contributed by atoms with Crippen LogP contribution >= 0.6 is 0 Å². The molecule has 0 radical (unpaired) electrons. The summed E-state index contributed by atoms with van der Waals surface area (Å²) in [7, 11) is 0. The first-order valence-electron chi connectivity index (χ1n) is 8.17. The van der Waals surface area contributed by atoms with Crippen molar-refractivity contribution in [2.75, 3.05) is 11.1 Å². The van der Waals surface area contributed by atoms with Gasteiger partial charge in [0.1, 0.15) is 5.69 Å². The van der Waals surface area contributed by atoms with E-state index in [4.69, 9.17) is 5.73 Å². The van der Waals surface area contributed by atoms with Gasteiger partial charge in [0, 0.05) is 23.5 Å². The van der Waals surface area contributed by atoms with Crippen LogP contribution in [0.15, 0.2) is 53.5 Å². The van der Waals surface area contributed by atoms with E-state index in [1.165, 1.54) is 6.07 Å². The number of benzene rings is 1. The maximum absolute atomic E-state index is 11.2. The molecule has 0 atom stereocenters. The van der Waals surface area contributed by atoms with Gasteiger partial charge >= 0.3 is 0 Å². The molecule has 0 aliphatic rings. The first-order valence-corrected chi connectivity index (χ1v) is 8.17. The average Bonchev–Trinajstić information content (AvgIpc) is 3.14. The fourth-order valence-electron chi connectivity index (χ4n) is 2.49. The van der Waals surface area contributed by atoms with Crippen LogP contribution in [0, 0.1) is 6.92 Å². The number of anilines is 3. The number of hydrogen-bond donors (Lipinski definition) is 4. The molecule has 0 unspecified atom stereocenters. The molecular formula is C18H16N8O. The monoisotopic (exact) mass is 360 g/mol. The number of nitrogens with two attached hydrogens (primary N) is 1. The van der Waals surface area contributed by atoms with Crippen LogP contribution in [0.25, 0.3) is 22.8 Å². The van der Waals surface area contributed by atoms with Crippen molar-refractivity contribution in [2.24, 2.45) is 0 Å². The number of hydrogen-bond acceptors (Lipinski definition) is 7. The molecule has 134 valence electrons. The molecule has 1 aromatic carbocycles. The smallest absolute Gasteiger partial charge is 0.247 e. The van der Waals surface area contributed by atoms with Gasteiger partial charge in [-0.15, -0.1) is 0 Å². The summed E-state index contributed by atoms with van der Waals surface area (Å²) < 4.78 is 0. The van der Waals surface area contributed by atoms with Crippen LogP contribution in [0.2, 0.25) is 0 Å². The Morgan fingerprint density at radius 2 is 1.85 bits per heavy atom. The third-order valence-corrected chi connectivity index (χ3v) is 3.86. The van der Waals surface area contributed by atoms with Gasteiger partial charge in [-0.1, -0.05) is 17.7 Å². The molecular weight excluding hydrogens is 344 g/mol.